The summed E-state index contributed by atoms with van der Waals surface area (Å²) < 4.78 is 5.10. The molecule has 2 aromatic carbocycles. The number of nitrogens with one attached hydrogen (secondary N) is 1. The number of carbonyl (C=O) groups excluding carboxylic acids is 2. The lowest BCUT2D eigenvalue weighted by Gasteiger charge is -2.00. The molecule has 0 radical (unpaired) electrons. The van der Waals surface area contributed by atoms with Gasteiger partial charge in [-0.25, -0.2) is 0 Å². The van der Waals surface area contributed by atoms with Gasteiger partial charge in [0.05, 0.1) is 18.2 Å². The van der Waals surface area contributed by atoms with Crippen molar-refractivity contribution in [2.75, 3.05) is 7.11 Å². The van der Waals surface area contributed by atoms with Crippen LogP contribution in [-0.4, -0.2) is 18.9 Å². The lowest BCUT2D eigenvalue weighted by molar-refractivity contribution is 0.0879. The van der Waals surface area contributed by atoms with Crippen molar-refractivity contribution in [3.63, 3.8) is 0 Å². The fourth-order valence-corrected chi connectivity index (χ4v) is 2.20. The molecule has 0 bridgehead atoms. The zero-order valence-electron chi connectivity index (χ0n) is 11.4. The highest BCUT2D eigenvalue weighted by Crippen LogP contribution is 2.19. The Morgan fingerprint density at radius 3 is 2.19 bits per heavy atom. The maximum absolute atomic E-state index is 11.6. The van der Waals surface area contributed by atoms with Crippen molar-refractivity contribution in [1.29, 1.82) is 0 Å². The number of imide groups is 1. The second-order valence-corrected chi connectivity index (χ2v) is 4.69. The lowest BCUT2D eigenvalue weighted by Crippen LogP contribution is -2.19. The van der Waals surface area contributed by atoms with Crippen molar-refractivity contribution in [3.05, 3.63) is 64.7 Å². The average molecular weight is 279 g/mol. The quantitative estimate of drug-likeness (QED) is 0.694. The number of benzene rings is 2. The van der Waals surface area contributed by atoms with E-state index in [9.17, 15) is 9.59 Å². The molecule has 0 fully saturated rings. The molecular formula is C17H13NO3. The zero-order valence-corrected chi connectivity index (χ0v) is 11.4. The number of rotatable bonds is 3. The molecule has 2 aromatic rings. The van der Waals surface area contributed by atoms with Crippen molar-refractivity contribution in [3.8, 4) is 5.75 Å². The molecule has 0 aromatic heterocycles. The van der Waals surface area contributed by atoms with E-state index in [1.54, 1.807) is 19.2 Å². The molecule has 21 heavy (non-hydrogen) atoms. The Kier molecular flexibility index (Phi) is 3.28. The third kappa shape index (κ3) is 2.56. The van der Waals surface area contributed by atoms with Gasteiger partial charge < -0.3 is 4.74 Å². The van der Waals surface area contributed by atoms with Gasteiger partial charge in [0.15, 0.2) is 0 Å². The van der Waals surface area contributed by atoms with E-state index in [-0.39, 0.29) is 11.8 Å². The van der Waals surface area contributed by atoms with Gasteiger partial charge >= 0.3 is 0 Å². The van der Waals surface area contributed by atoms with E-state index < -0.39 is 0 Å². The summed E-state index contributed by atoms with van der Waals surface area (Å²) in [7, 11) is 1.63. The number of hydrogen-bond donors (Lipinski definition) is 1. The Morgan fingerprint density at radius 2 is 1.48 bits per heavy atom. The van der Waals surface area contributed by atoms with Gasteiger partial charge in [-0.2, -0.15) is 0 Å². The molecule has 0 saturated carbocycles. The maximum atomic E-state index is 11.6. The number of carbonyl (C=O) groups is 2. The van der Waals surface area contributed by atoms with Crippen LogP contribution in [0, 0.1) is 0 Å². The summed E-state index contributed by atoms with van der Waals surface area (Å²) in [6.07, 6.45) is 3.84. The number of fused-ring (bicyclic) bond motifs is 1. The van der Waals surface area contributed by atoms with Gasteiger partial charge in [0, 0.05) is 0 Å². The summed E-state index contributed by atoms with van der Waals surface area (Å²) >= 11 is 0. The van der Waals surface area contributed by atoms with Crippen LogP contribution in [-0.2, 0) is 0 Å². The van der Waals surface area contributed by atoms with Gasteiger partial charge in [0.25, 0.3) is 11.8 Å². The minimum atomic E-state index is -0.338. The van der Waals surface area contributed by atoms with Gasteiger partial charge in [-0.15, -0.1) is 0 Å². The smallest absolute Gasteiger partial charge is 0.258 e. The molecule has 3 rings (SSSR count). The Balaban J connectivity index is 1.85. The SMILES string of the molecule is COc1ccc(C=Cc2ccc3c(c2)C(=O)NC3=O)cc1. The van der Waals surface area contributed by atoms with Gasteiger partial charge in [-0.3, -0.25) is 14.9 Å². The normalized spacial score (nSPS) is 13.4. The predicted octanol–water partition coefficient (Wildman–Crippen LogP) is 2.75. The lowest BCUT2D eigenvalue weighted by atomic mass is 10.0. The summed E-state index contributed by atoms with van der Waals surface area (Å²) in [5, 5.41) is 2.28. The van der Waals surface area contributed by atoms with Crippen LogP contribution in [0.2, 0.25) is 0 Å². The molecule has 1 N–H and O–H groups in total. The second-order valence-electron chi connectivity index (χ2n) is 4.69. The summed E-state index contributed by atoms with van der Waals surface area (Å²) in [5.41, 5.74) is 2.75. The molecule has 1 heterocycles. The first-order valence-corrected chi connectivity index (χ1v) is 6.49. The van der Waals surface area contributed by atoms with E-state index in [1.165, 1.54) is 0 Å². The third-order valence-electron chi connectivity index (χ3n) is 3.34. The van der Waals surface area contributed by atoms with Crippen molar-refractivity contribution < 1.29 is 14.3 Å². The van der Waals surface area contributed by atoms with Crippen LogP contribution < -0.4 is 10.1 Å². The molecule has 0 unspecified atom stereocenters. The van der Waals surface area contributed by atoms with Crippen molar-refractivity contribution >= 4 is 24.0 Å². The summed E-state index contributed by atoms with van der Waals surface area (Å²) in [6, 6.07) is 12.9. The second kappa shape index (κ2) is 5.25. The Morgan fingerprint density at radius 1 is 0.857 bits per heavy atom. The van der Waals surface area contributed by atoms with Crippen LogP contribution in [0.15, 0.2) is 42.5 Å². The van der Waals surface area contributed by atoms with Crippen molar-refractivity contribution in [2.45, 2.75) is 0 Å². The number of hydrogen-bond acceptors (Lipinski definition) is 3. The minimum absolute atomic E-state index is 0.333. The highest BCUT2D eigenvalue weighted by Gasteiger charge is 2.26. The van der Waals surface area contributed by atoms with Gasteiger partial charge in [-0.1, -0.05) is 30.4 Å². The summed E-state index contributed by atoms with van der Waals surface area (Å²) in [4.78, 5) is 23.1. The molecule has 0 aliphatic carbocycles. The van der Waals surface area contributed by atoms with E-state index in [4.69, 9.17) is 4.74 Å². The topological polar surface area (TPSA) is 55.4 Å². The third-order valence-corrected chi connectivity index (χ3v) is 3.34. The minimum Gasteiger partial charge on any atom is -0.497 e. The highest BCUT2D eigenvalue weighted by atomic mass is 16.5. The van der Waals surface area contributed by atoms with Gasteiger partial charge in [0.1, 0.15) is 5.75 Å². The maximum Gasteiger partial charge on any atom is 0.258 e. The standard InChI is InChI=1S/C17H13NO3/c1-21-13-7-4-11(5-8-13)2-3-12-6-9-14-15(10-12)17(20)18-16(14)19/h2-10H,1H3,(H,18,19,20). The molecule has 4 heteroatoms. The van der Waals surface area contributed by atoms with Crippen LogP contribution >= 0.6 is 0 Å². The summed E-state index contributed by atoms with van der Waals surface area (Å²) in [5.74, 6) is 0.134. The Hall–Kier alpha value is -2.88. The molecule has 0 saturated heterocycles. The molecule has 1 aliphatic rings. The van der Waals surface area contributed by atoms with Gasteiger partial charge in [0.2, 0.25) is 0 Å². The molecule has 4 nitrogen and oxygen atoms in total. The first-order chi connectivity index (χ1) is 10.2. The van der Waals surface area contributed by atoms with Crippen LogP contribution in [0.25, 0.3) is 12.2 Å². The van der Waals surface area contributed by atoms with Gasteiger partial charge in [-0.05, 0) is 35.4 Å². The number of amides is 2. The average Bonchev–Trinajstić information content (AvgIpc) is 2.80. The van der Waals surface area contributed by atoms with Crippen LogP contribution in [0.4, 0.5) is 0 Å². The van der Waals surface area contributed by atoms with E-state index >= 15 is 0 Å². The largest absolute Gasteiger partial charge is 0.497 e. The molecule has 0 atom stereocenters. The molecule has 1 aliphatic heterocycles. The highest BCUT2D eigenvalue weighted by molar-refractivity contribution is 6.21. The fraction of sp³-hybridized carbons (Fsp3) is 0.0588. The monoisotopic (exact) mass is 279 g/mol. The molecule has 0 spiro atoms. The van der Waals surface area contributed by atoms with E-state index in [0.29, 0.717) is 11.1 Å². The van der Waals surface area contributed by atoms with Crippen LogP contribution in [0.3, 0.4) is 0 Å². The Bertz CT molecular complexity index is 745. The zero-order chi connectivity index (χ0) is 14.8. The molecule has 104 valence electrons. The fourth-order valence-electron chi connectivity index (χ4n) is 2.20. The Labute approximate surface area is 122 Å². The number of ether oxygens (including phenoxy) is 1. The van der Waals surface area contributed by atoms with E-state index in [1.807, 2.05) is 42.5 Å². The van der Waals surface area contributed by atoms with E-state index in [2.05, 4.69) is 5.32 Å². The first-order valence-electron chi connectivity index (χ1n) is 6.49. The molecule has 2 amide bonds. The van der Waals surface area contributed by atoms with Crippen LogP contribution in [0.1, 0.15) is 31.8 Å². The first kappa shape index (κ1) is 13.1. The molecular weight excluding hydrogens is 266 g/mol. The van der Waals surface area contributed by atoms with Crippen LogP contribution in [0.5, 0.6) is 5.75 Å². The predicted molar refractivity (Wildman–Crippen MR) is 80.2 cm³/mol. The van der Waals surface area contributed by atoms with Crippen molar-refractivity contribution in [2.24, 2.45) is 0 Å². The van der Waals surface area contributed by atoms with Crippen molar-refractivity contribution in [1.82, 2.24) is 5.32 Å². The number of methoxy groups -OCH3 is 1. The summed E-state index contributed by atoms with van der Waals surface area (Å²) in [6.45, 7) is 0. The van der Waals surface area contributed by atoms with E-state index in [0.717, 1.165) is 16.9 Å².